The molecular weight excluding hydrogens is 311 g/mol. The number of carbonyl (C=O) groups is 2. The van der Waals surface area contributed by atoms with Crippen LogP contribution in [0.5, 0.6) is 0 Å². The molecule has 0 saturated heterocycles. The number of rotatable bonds is 10. The molecule has 9 heteroatoms. The molecule has 2 atom stereocenters. The van der Waals surface area contributed by atoms with E-state index in [9.17, 15) is 9.59 Å². The summed E-state index contributed by atoms with van der Waals surface area (Å²) in [4.78, 5) is 23.2. The van der Waals surface area contributed by atoms with Crippen LogP contribution in [0.25, 0.3) is 0 Å². The van der Waals surface area contributed by atoms with Gasteiger partial charge in [-0.1, -0.05) is 0 Å². The number of carbonyl (C=O) groups excluding carboxylic acids is 2. The van der Waals surface area contributed by atoms with Crippen molar-refractivity contribution in [3.8, 4) is 0 Å². The minimum absolute atomic E-state index is 0.000934. The van der Waals surface area contributed by atoms with Crippen LogP contribution in [0, 0.1) is 0 Å². The molecule has 0 aromatic carbocycles. The standard InChI is InChI=1S/C10H21O6PS2/c1-5-15-9(11)7-8(10(12)16-6-2)18-17-19(13-3)14-4/h8,17,19H,5-7H2,1-4H3. The summed E-state index contributed by atoms with van der Waals surface area (Å²) in [6.07, 6.45) is 0.000934. The minimum Gasteiger partial charge on any atom is -0.466 e. The lowest BCUT2D eigenvalue weighted by Crippen LogP contribution is -2.23. The van der Waals surface area contributed by atoms with Crippen molar-refractivity contribution in [2.75, 3.05) is 27.4 Å². The summed E-state index contributed by atoms with van der Waals surface area (Å²) in [5, 5.41) is -0.576. The summed E-state index contributed by atoms with van der Waals surface area (Å²) in [7, 11) is 3.10. The average molecular weight is 332 g/mol. The van der Waals surface area contributed by atoms with Gasteiger partial charge in [0.25, 0.3) is 0 Å². The van der Waals surface area contributed by atoms with Gasteiger partial charge in [-0.2, -0.15) is 11.1 Å². The van der Waals surface area contributed by atoms with Crippen molar-refractivity contribution < 1.29 is 27.4 Å². The summed E-state index contributed by atoms with van der Waals surface area (Å²) < 4.78 is 20.0. The van der Waals surface area contributed by atoms with Crippen LogP contribution in [0.4, 0.5) is 0 Å². The highest BCUT2D eigenvalue weighted by Crippen LogP contribution is 2.57. The van der Waals surface area contributed by atoms with Crippen molar-refractivity contribution in [3.63, 3.8) is 0 Å². The zero-order valence-electron chi connectivity index (χ0n) is 11.5. The van der Waals surface area contributed by atoms with Crippen LogP contribution >= 0.6 is 29.4 Å². The zero-order chi connectivity index (χ0) is 14.7. The Morgan fingerprint density at radius 1 is 1.16 bits per heavy atom. The SMILES string of the molecule is CCOC(=O)CC(SP[SH](OC)OC)C(=O)OCC. The van der Waals surface area contributed by atoms with E-state index in [1.807, 2.05) is 0 Å². The molecule has 6 nitrogen and oxygen atoms in total. The fourth-order valence-corrected chi connectivity index (χ4v) is 6.82. The first-order chi connectivity index (χ1) is 9.08. The lowest BCUT2D eigenvalue weighted by molar-refractivity contribution is -0.149. The van der Waals surface area contributed by atoms with Crippen molar-refractivity contribution in [1.29, 1.82) is 0 Å². The summed E-state index contributed by atoms with van der Waals surface area (Å²) in [6, 6.07) is 0. The van der Waals surface area contributed by atoms with Gasteiger partial charge in [0, 0.05) is 0 Å². The van der Waals surface area contributed by atoms with Crippen LogP contribution in [0.15, 0.2) is 0 Å². The molecule has 0 rings (SSSR count). The van der Waals surface area contributed by atoms with E-state index in [4.69, 9.17) is 17.8 Å². The monoisotopic (exact) mass is 332 g/mol. The van der Waals surface area contributed by atoms with Gasteiger partial charge in [0.1, 0.15) is 5.25 Å². The van der Waals surface area contributed by atoms with E-state index in [2.05, 4.69) is 0 Å². The number of hydrogen-bond acceptors (Lipinski definition) is 7. The molecule has 0 amide bonds. The first kappa shape index (κ1) is 19.0. The van der Waals surface area contributed by atoms with E-state index >= 15 is 0 Å². The van der Waals surface area contributed by atoms with Crippen LogP contribution in [0.3, 0.4) is 0 Å². The van der Waals surface area contributed by atoms with Gasteiger partial charge in [-0.15, -0.1) is 11.4 Å². The Kier molecular flexibility index (Phi) is 11.8. The Hall–Kier alpha value is -0.0100. The molecule has 0 spiro atoms. The van der Waals surface area contributed by atoms with Crippen molar-refractivity contribution >= 4 is 41.4 Å². The second-order valence-electron chi connectivity index (χ2n) is 3.08. The number of hydrogen-bond donors (Lipinski definition) is 1. The summed E-state index contributed by atoms with van der Waals surface area (Å²) >= 11 is 0.287. The maximum Gasteiger partial charge on any atom is 0.320 e. The van der Waals surface area contributed by atoms with E-state index in [0.717, 1.165) is 0 Å². The Balaban J connectivity index is 4.40. The van der Waals surface area contributed by atoms with E-state index in [1.165, 1.54) is 11.4 Å². The fraction of sp³-hybridized carbons (Fsp3) is 0.800. The minimum atomic E-state index is -1.02. The maximum absolute atomic E-state index is 11.8. The molecule has 19 heavy (non-hydrogen) atoms. The van der Waals surface area contributed by atoms with Gasteiger partial charge in [-0.25, -0.2) is 0 Å². The van der Waals surface area contributed by atoms with Gasteiger partial charge < -0.3 is 9.47 Å². The molecule has 0 aromatic heterocycles. The second-order valence-corrected chi connectivity index (χ2v) is 9.31. The fourth-order valence-electron chi connectivity index (χ4n) is 1.04. The molecule has 0 N–H and O–H groups in total. The van der Waals surface area contributed by atoms with Crippen molar-refractivity contribution in [2.45, 2.75) is 25.5 Å². The molecule has 0 aliphatic carbocycles. The predicted octanol–water partition coefficient (Wildman–Crippen LogP) is 2.24. The molecule has 0 radical (unpaired) electrons. The van der Waals surface area contributed by atoms with Crippen molar-refractivity contribution in [1.82, 2.24) is 0 Å². The quantitative estimate of drug-likeness (QED) is 0.374. The molecule has 114 valence electrons. The molecule has 0 aromatic rings. The Morgan fingerprint density at radius 2 is 1.74 bits per heavy atom. The average Bonchev–Trinajstić information content (AvgIpc) is 2.39. The largest absolute Gasteiger partial charge is 0.466 e. The highest BCUT2D eigenvalue weighted by Gasteiger charge is 2.25. The Morgan fingerprint density at radius 3 is 2.21 bits per heavy atom. The topological polar surface area (TPSA) is 71.1 Å². The number of esters is 2. The van der Waals surface area contributed by atoms with Gasteiger partial charge in [0.05, 0.1) is 40.8 Å². The third kappa shape index (κ3) is 8.70. The first-order valence-corrected chi connectivity index (χ1v) is 10.3. The third-order valence-corrected chi connectivity index (χ3v) is 8.37. The summed E-state index contributed by atoms with van der Waals surface area (Å²) in [5.41, 5.74) is 0. The molecule has 0 aliphatic heterocycles. The van der Waals surface area contributed by atoms with E-state index < -0.39 is 28.3 Å². The van der Waals surface area contributed by atoms with Gasteiger partial charge in [0.15, 0.2) is 0 Å². The Labute approximate surface area is 122 Å². The van der Waals surface area contributed by atoms with Crippen LogP contribution < -0.4 is 0 Å². The lowest BCUT2D eigenvalue weighted by Gasteiger charge is -2.22. The molecule has 0 bridgehead atoms. The highest BCUT2D eigenvalue weighted by molar-refractivity contribution is 8.85. The smallest absolute Gasteiger partial charge is 0.320 e. The first-order valence-electron chi connectivity index (χ1n) is 5.70. The summed E-state index contributed by atoms with van der Waals surface area (Å²) in [5.74, 6) is -0.813. The third-order valence-electron chi connectivity index (χ3n) is 1.81. The van der Waals surface area contributed by atoms with Gasteiger partial charge >= 0.3 is 11.9 Å². The van der Waals surface area contributed by atoms with Gasteiger partial charge in [0.2, 0.25) is 0 Å². The van der Waals surface area contributed by atoms with Crippen LogP contribution in [-0.4, -0.2) is 44.6 Å². The Bertz CT molecular complexity index is 275. The summed E-state index contributed by atoms with van der Waals surface area (Å²) in [6.45, 7) is 4.26. The van der Waals surface area contributed by atoms with Gasteiger partial charge in [-0.05, 0) is 13.8 Å². The molecule has 0 aliphatic rings. The molecule has 0 fully saturated rings. The zero-order valence-corrected chi connectivity index (χ0v) is 14.2. The predicted molar refractivity (Wildman–Crippen MR) is 80.6 cm³/mol. The molecule has 2 unspecified atom stereocenters. The van der Waals surface area contributed by atoms with Crippen LogP contribution in [0.2, 0.25) is 0 Å². The molecule has 0 saturated carbocycles. The number of ether oxygens (including phenoxy) is 2. The van der Waals surface area contributed by atoms with Crippen molar-refractivity contribution in [2.24, 2.45) is 0 Å². The van der Waals surface area contributed by atoms with E-state index in [-0.39, 0.29) is 20.0 Å². The highest BCUT2D eigenvalue weighted by atomic mass is 33.1. The lowest BCUT2D eigenvalue weighted by atomic mass is 10.3. The van der Waals surface area contributed by atoms with Crippen molar-refractivity contribution in [3.05, 3.63) is 0 Å². The van der Waals surface area contributed by atoms with E-state index in [1.54, 1.807) is 28.1 Å². The molecule has 0 heterocycles. The van der Waals surface area contributed by atoms with Crippen LogP contribution in [-0.2, 0) is 27.4 Å². The maximum atomic E-state index is 11.8. The van der Waals surface area contributed by atoms with Gasteiger partial charge in [-0.3, -0.25) is 18.0 Å². The molecular formula is C10H21O6PS2. The van der Waals surface area contributed by atoms with E-state index in [0.29, 0.717) is 6.61 Å². The van der Waals surface area contributed by atoms with Crippen LogP contribution in [0.1, 0.15) is 20.3 Å². The normalized spacial score (nSPS) is 13.4. The number of thiol groups is 1. The second kappa shape index (κ2) is 11.8.